The molecule has 0 bridgehead atoms. The average molecular weight is 188 g/mol. The molecule has 0 aliphatic carbocycles. The van der Waals surface area contributed by atoms with Gasteiger partial charge in [-0.15, -0.1) is 0 Å². The van der Waals surface area contributed by atoms with Crippen molar-refractivity contribution in [2.45, 2.75) is 6.10 Å². The molecule has 0 saturated heterocycles. The average Bonchev–Trinajstić information content (AvgIpc) is 2.51. The summed E-state index contributed by atoms with van der Waals surface area (Å²) in [6.45, 7) is 0.0810. The first-order chi connectivity index (χ1) is 5.65. The third-order valence-corrected chi connectivity index (χ3v) is 2.48. The second-order valence-corrected chi connectivity index (χ2v) is 3.28. The van der Waals surface area contributed by atoms with Gasteiger partial charge in [-0.3, -0.25) is 10.1 Å². The molecule has 0 aliphatic rings. The molecule has 0 fully saturated rings. The summed E-state index contributed by atoms with van der Waals surface area (Å²) in [6.07, 6.45) is -0.788. The minimum Gasteiger partial charge on any atom is -0.386 e. The summed E-state index contributed by atoms with van der Waals surface area (Å²) < 4.78 is 0. The minimum absolute atomic E-state index is 0.0255. The van der Waals surface area contributed by atoms with E-state index in [1.165, 1.54) is 12.1 Å². The number of hydrogen-bond donors (Lipinski definition) is 2. The molecule has 1 aromatic rings. The summed E-state index contributed by atoms with van der Waals surface area (Å²) in [6, 6.07) is 2.87. The molecule has 0 amide bonds. The number of aliphatic hydroxyl groups is 1. The molecule has 12 heavy (non-hydrogen) atoms. The summed E-state index contributed by atoms with van der Waals surface area (Å²) >= 11 is 0.945. The van der Waals surface area contributed by atoms with E-state index in [9.17, 15) is 15.2 Å². The van der Waals surface area contributed by atoms with Crippen molar-refractivity contribution in [3.8, 4) is 0 Å². The van der Waals surface area contributed by atoms with Crippen LogP contribution in [-0.4, -0.2) is 16.6 Å². The maximum atomic E-state index is 10.2. The van der Waals surface area contributed by atoms with Crippen LogP contribution in [0.3, 0.4) is 0 Å². The fourth-order valence-electron chi connectivity index (χ4n) is 0.736. The summed E-state index contributed by atoms with van der Waals surface area (Å²) in [5.74, 6) is 0. The molecule has 1 heterocycles. The number of aliphatic hydroxyl groups excluding tert-OH is 1. The van der Waals surface area contributed by atoms with Crippen molar-refractivity contribution in [3.63, 3.8) is 0 Å². The quantitative estimate of drug-likeness (QED) is 0.538. The zero-order valence-corrected chi connectivity index (χ0v) is 6.95. The Morgan fingerprint density at radius 2 is 2.42 bits per heavy atom. The van der Waals surface area contributed by atoms with Crippen LogP contribution in [0.2, 0.25) is 0 Å². The molecule has 1 atom stereocenters. The Morgan fingerprint density at radius 1 is 1.75 bits per heavy atom. The van der Waals surface area contributed by atoms with Gasteiger partial charge in [0.25, 0.3) is 0 Å². The largest absolute Gasteiger partial charge is 0.386 e. The summed E-state index contributed by atoms with van der Waals surface area (Å²) in [4.78, 5) is 10.3. The number of nitro groups is 1. The normalized spacial score (nSPS) is 12.8. The summed E-state index contributed by atoms with van der Waals surface area (Å²) in [5, 5.41) is 19.4. The number of thiophene rings is 1. The van der Waals surface area contributed by atoms with Crippen LogP contribution in [0.15, 0.2) is 12.1 Å². The van der Waals surface area contributed by atoms with Crippen molar-refractivity contribution in [2.75, 3.05) is 6.54 Å². The molecule has 5 nitrogen and oxygen atoms in total. The third-order valence-electron chi connectivity index (χ3n) is 1.34. The predicted octanol–water partition coefficient (Wildman–Crippen LogP) is 0.648. The first kappa shape index (κ1) is 9.11. The SMILES string of the molecule is NC[C@@H](O)c1ccc([N+](=O)[O-])s1. The Bertz CT molecular complexity index is 286. The highest BCUT2D eigenvalue weighted by molar-refractivity contribution is 7.15. The summed E-state index contributed by atoms with van der Waals surface area (Å²) in [5.41, 5.74) is 5.18. The number of hydrogen-bond acceptors (Lipinski definition) is 5. The fraction of sp³-hybridized carbons (Fsp3) is 0.333. The topological polar surface area (TPSA) is 89.4 Å². The molecule has 66 valence electrons. The van der Waals surface area contributed by atoms with Crippen LogP contribution in [0.5, 0.6) is 0 Å². The highest BCUT2D eigenvalue weighted by Crippen LogP contribution is 2.27. The lowest BCUT2D eigenvalue weighted by atomic mass is 10.3. The predicted molar refractivity (Wildman–Crippen MR) is 45.0 cm³/mol. The van der Waals surface area contributed by atoms with Gasteiger partial charge in [0.15, 0.2) is 0 Å². The minimum atomic E-state index is -0.788. The zero-order valence-electron chi connectivity index (χ0n) is 6.14. The molecule has 0 unspecified atom stereocenters. The van der Waals surface area contributed by atoms with Gasteiger partial charge in [0.05, 0.1) is 4.92 Å². The highest BCUT2D eigenvalue weighted by atomic mass is 32.1. The molecule has 0 aromatic carbocycles. The van der Waals surface area contributed by atoms with E-state index in [0.29, 0.717) is 4.88 Å². The van der Waals surface area contributed by atoms with Gasteiger partial charge in [-0.25, -0.2) is 0 Å². The van der Waals surface area contributed by atoms with Crippen molar-refractivity contribution in [1.82, 2.24) is 0 Å². The lowest BCUT2D eigenvalue weighted by Crippen LogP contribution is -2.09. The van der Waals surface area contributed by atoms with E-state index in [0.717, 1.165) is 11.3 Å². The highest BCUT2D eigenvalue weighted by Gasteiger charge is 2.13. The van der Waals surface area contributed by atoms with Crippen molar-refractivity contribution < 1.29 is 10.0 Å². The maximum Gasteiger partial charge on any atom is 0.324 e. The van der Waals surface area contributed by atoms with Gasteiger partial charge in [0, 0.05) is 17.5 Å². The Morgan fingerprint density at radius 3 is 2.83 bits per heavy atom. The maximum absolute atomic E-state index is 10.2. The first-order valence-electron chi connectivity index (χ1n) is 3.27. The number of rotatable bonds is 3. The van der Waals surface area contributed by atoms with Gasteiger partial charge < -0.3 is 10.8 Å². The number of nitrogens with two attached hydrogens (primary N) is 1. The zero-order chi connectivity index (χ0) is 9.14. The molecule has 0 aliphatic heterocycles. The van der Waals surface area contributed by atoms with Gasteiger partial charge in [-0.1, -0.05) is 11.3 Å². The molecule has 0 radical (unpaired) electrons. The van der Waals surface area contributed by atoms with E-state index in [2.05, 4.69) is 0 Å². The van der Waals surface area contributed by atoms with Crippen molar-refractivity contribution >= 4 is 16.3 Å². The molecule has 0 saturated carbocycles. The van der Waals surface area contributed by atoms with Crippen LogP contribution in [0, 0.1) is 10.1 Å². The Hall–Kier alpha value is -0.980. The number of nitrogens with zero attached hydrogens (tertiary/aromatic N) is 1. The molecule has 0 spiro atoms. The Balaban J connectivity index is 2.84. The van der Waals surface area contributed by atoms with Gasteiger partial charge in [0.2, 0.25) is 0 Å². The molecule has 1 rings (SSSR count). The van der Waals surface area contributed by atoms with Crippen LogP contribution in [0.25, 0.3) is 0 Å². The van der Waals surface area contributed by atoms with Crippen LogP contribution in [-0.2, 0) is 0 Å². The second-order valence-electron chi connectivity index (χ2n) is 2.18. The van der Waals surface area contributed by atoms with Crippen LogP contribution in [0.1, 0.15) is 11.0 Å². The lowest BCUT2D eigenvalue weighted by Gasteiger charge is -2.01. The van der Waals surface area contributed by atoms with Gasteiger partial charge in [-0.2, -0.15) is 0 Å². The van der Waals surface area contributed by atoms with Crippen molar-refractivity contribution in [1.29, 1.82) is 0 Å². The smallest absolute Gasteiger partial charge is 0.324 e. The van der Waals surface area contributed by atoms with Gasteiger partial charge in [-0.05, 0) is 6.07 Å². The van der Waals surface area contributed by atoms with Crippen LogP contribution in [0.4, 0.5) is 5.00 Å². The van der Waals surface area contributed by atoms with Crippen LogP contribution >= 0.6 is 11.3 Å². The van der Waals surface area contributed by atoms with E-state index in [-0.39, 0.29) is 11.5 Å². The van der Waals surface area contributed by atoms with Gasteiger partial charge in [0.1, 0.15) is 6.10 Å². The molecule has 1 aromatic heterocycles. The standard InChI is InChI=1S/C6H8N2O3S/c7-3-4(9)5-1-2-6(12-5)8(10)11/h1-2,4,9H,3,7H2/t4-/m1/s1. The van der Waals surface area contributed by atoms with Crippen molar-refractivity contribution in [2.24, 2.45) is 5.73 Å². The molecule has 6 heteroatoms. The molecular weight excluding hydrogens is 180 g/mol. The third kappa shape index (κ3) is 1.79. The fourth-order valence-corrected chi connectivity index (χ4v) is 1.56. The van der Waals surface area contributed by atoms with Crippen molar-refractivity contribution in [3.05, 3.63) is 27.1 Å². The lowest BCUT2D eigenvalue weighted by molar-refractivity contribution is -0.380. The second kappa shape index (κ2) is 3.61. The van der Waals surface area contributed by atoms with Gasteiger partial charge >= 0.3 is 5.00 Å². The van der Waals surface area contributed by atoms with E-state index < -0.39 is 11.0 Å². The monoisotopic (exact) mass is 188 g/mol. The summed E-state index contributed by atoms with van der Waals surface area (Å²) in [7, 11) is 0. The molecular formula is C6H8N2O3S. The van der Waals surface area contributed by atoms with E-state index in [1.54, 1.807) is 0 Å². The Labute approximate surface area is 72.6 Å². The molecule has 3 N–H and O–H groups in total. The van der Waals surface area contributed by atoms with E-state index >= 15 is 0 Å². The van der Waals surface area contributed by atoms with Crippen LogP contribution < -0.4 is 5.73 Å². The Kier molecular flexibility index (Phi) is 2.74. The van der Waals surface area contributed by atoms with E-state index in [1.807, 2.05) is 0 Å². The van der Waals surface area contributed by atoms with E-state index in [4.69, 9.17) is 5.73 Å². The first-order valence-corrected chi connectivity index (χ1v) is 4.09.